The Hall–Kier alpha value is -3.68. The second-order valence-corrected chi connectivity index (χ2v) is 18.1. The molecule has 0 radical (unpaired) electrons. The molecular weight excluding hydrogens is 649 g/mol. The zero-order chi connectivity index (χ0) is 34.9. The molecular formula is C42H45F2N3S2. The van der Waals surface area contributed by atoms with Gasteiger partial charge in [0.1, 0.15) is 11.0 Å². The topological polar surface area (TPSA) is 41.6 Å². The molecule has 0 saturated carbocycles. The lowest BCUT2D eigenvalue weighted by molar-refractivity contribution is 0.485. The molecule has 6 aromatic rings. The maximum atomic E-state index is 16.2. The summed E-state index contributed by atoms with van der Waals surface area (Å²) >= 11 is 2.93. The Labute approximate surface area is 296 Å². The van der Waals surface area contributed by atoms with E-state index in [9.17, 15) is 0 Å². The van der Waals surface area contributed by atoms with Crippen molar-refractivity contribution >= 4 is 33.7 Å². The van der Waals surface area contributed by atoms with Crippen molar-refractivity contribution in [3.8, 4) is 42.4 Å². The van der Waals surface area contributed by atoms with Crippen LogP contribution in [0.4, 0.5) is 8.78 Å². The van der Waals surface area contributed by atoms with Crippen LogP contribution in [0.3, 0.4) is 0 Å². The summed E-state index contributed by atoms with van der Waals surface area (Å²) in [7, 11) is 0. The summed E-state index contributed by atoms with van der Waals surface area (Å²) in [6.45, 7) is 17.8. The molecule has 7 rings (SSSR count). The summed E-state index contributed by atoms with van der Waals surface area (Å²) in [6, 6.07) is 21.6. The van der Waals surface area contributed by atoms with Crippen molar-refractivity contribution in [2.45, 2.75) is 104 Å². The molecule has 0 fully saturated rings. The molecule has 7 heteroatoms. The third-order valence-corrected chi connectivity index (χ3v) is 13.0. The fraction of sp³-hybridized carbons (Fsp3) is 0.381. The van der Waals surface area contributed by atoms with E-state index in [0.717, 1.165) is 21.7 Å². The van der Waals surface area contributed by atoms with Crippen LogP contribution >= 0.6 is 22.7 Å². The second kappa shape index (κ2) is 12.3. The van der Waals surface area contributed by atoms with E-state index < -0.39 is 11.6 Å². The molecule has 1 N–H and O–H groups in total. The first-order chi connectivity index (χ1) is 23.2. The van der Waals surface area contributed by atoms with Crippen molar-refractivity contribution in [2.75, 3.05) is 0 Å². The van der Waals surface area contributed by atoms with Gasteiger partial charge in [-0.15, -0.1) is 22.7 Å². The summed E-state index contributed by atoms with van der Waals surface area (Å²) < 4.78 is 32.2. The van der Waals surface area contributed by atoms with E-state index in [1.54, 1.807) is 0 Å². The second-order valence-electron chi connectivity index (χ2n) is 15.9. The lowest BCUT2D eigenvalue weighted by Crippen LogP contribution is -2.22. The maximum Gasteiger partial charge on any atom is 0.170 e. The molecule has 0 bridgehead atoms. The molecule has 1 unspecified atom stereocenters. The molecule has 0 saturated heterocycles. The molecule has 0 amide bonds. The zero-order valence-corrected chi connectivity index (χ0v) is 31.4. The molecule has 1 aliphatic carbocycles. The standard InChI is InChI=1S/C42H45F2N3S2/c1-9-10-11-12-21-42(8)28-22-24(13-15-26(28)27-16-14-25(23-29(27)42)40(2,3)4)30-17-18-31(48-30)34-36(43)37(44)35(39-38(34)45-47-46-39)32-19-20-33(49-32)41(5,6)7/h13-20,22-23H,9-12,21H2,1-8H3,(H,45,46,47). The summed E-state index contributed by atoms with van der Waals surface area (Å²) in [4.78, 5) is 3.37. The summed E-state index contributed by atoms with van der Waals surface area (Å²) in [5.74, 6) is -1.79. The van der Waals surface area contributed by atoms with Gasteiger partial charge in [0.2, 0.25) is 0 Å². The minimum atomic E-state index is -0.894. The van der Waals surface area contributed by atoms with Crippen molar-refractivity contribution < 1.29 is 8.78 Å². The van der Waals surface area contributed by atoms with E-state index in [-0.39, 0.29) is 27.4 Å². The van der Waals surface area contributed by atoms with Crippen LogP contribution in [-0.2, 0) is 16.2 Å². The maximum absolute atomic E-state index is 16.2. The third kappa shape index (κ3) is 5.77. The Morgan fingerprint density at radius 2 is 1.27 bits per heavy atom. The van der Waals surface area contributed by atoms with Crippen molar-refractivity contribution in [1.82, 2.24) is 15.4 Å². The molecule has 3 heterocycles. The fourth-order valence-electron chi connectivity index (χ4n) is 7.37. The Balaban J connectivity index is 1.29. The summed E-state index contributed by atoms with van der Waals surface area (Å²) in [5.41, 5.74) is 8.68. The summed E-state index contributed by atoms with van der Waals surface area (Å²) in [5, 5.41) is 11.3. The van der Waals surface area contributed by atoms with Crippen molar-refractivity contribution in [2.24, 2.45) is 0 Å². The number of halogens is 2. The monoisotopic (exact) mass is 693 g/mol. The number of rotatable bonds is 8. The number of fused-ring (bicyclic) bond motifs is 4. The Morgan fingerprint density at radius 1 is 0.673 bits per heavy atom. The van der Waals surface area contributed by atoms with Crippen molar-refractivity contribution in [3.63, 3.8) is 0 Å². The van der Waals surface area contributed by atoms with Gasteiger partial charge in [-0.05, 0) is 81.0 Å². The first-order valence-corrected chi connectivity index (χ1v) is 19.1. The Bertz CT molecular complexity index is 2190. The van der Waals surface area contributed by atoms with Crippen LogP contribution < -0.4 is 0 Å². The Morgan fingerprint density at radius 3 is 1.88 bits per heavy atom. The number of aromatic amines is 1. The number of benzene rings is 3. The van der Waals surface area contributed by atoms with E-state index in [4.69, 9.17) is 0 Å². The summed E-state index contributed by atoms with van der Waals surface area (Å²) in [6.07, 6.45) is 5.95. The van der Waals surface area contributed by atoms with Gasteiger partial charge in [0.05, 0.1) is 11.1 Å². The van der Waals surface area contributed by atoms with Gasteiger partial charge in [-0.2, -0.15) is 15.4 Å². The van der Waals surface area contributed by atoms with Crippen LogP contribution in [0.1, 0.15) is 109 Å². The lowest BCUT2D eigenvalue weighted by atomic mass is 9.74. The molecule has 1 aliphatic rings. The molecule has 3 nitrogen and oxygen atoms in total. The lowest BCUT2D eigenvalue weighted by Gasteiger charge is -2.29. The number of H-pyrrole nitrogens is 1. The van der Waals surface area contributed by atoms with Gasteiger partial charge in [-0.3, -0.25) is 0 Å². The van der Waals surface area contributed by atoms with Crippen LogP contribution in [0.25, 0.3) is 53.5 Å². The highest BCUT2D eigenvalue weighted by molar-refractivity contribution is 7.19. The number of aromatic nitrogens is 3. The number of nitrogens with one attached hydrogen (secondary N) is 1. The minimum Gasteiger partial charge on any atom is -0.203 e. The fourth-order valence-corrected chi connectivity index (χ4v) is 9.52. The number of nitrogens with zero attached hydrogens (tertiary/aromatic N) is 2. The predicted molar refractivity (Wildman–Crippen MR) is 204 cm³/mol. The highest BCUT2D eigenvalue weighted by atomic mass is 32.1. The van der Waals surface area contributed by atoms with Crippen molar-refractivity contribution in [1.29, 1.82) is 0 Å². The van der Waals surface area contributed by atoms with E-state index in [1.165, 1.54) is 76.2 Å². The van der Waals surface area contributed by atoms with Gasteiger partial charge in [0, 0.05) is 24.9 Å². The first-order valence-electron chi connectivity index (χ1n) is 17.4. The molecule has 3 aromatic carbocycles. The zero-order valence-electron chi connectivity index (χ0n) is 29.8. The van der Waals surface area contributed by atoms with Gasteiger partial charge in [0.25, 0.3) is 0 Å². The minimum absolute atomic E-state index is 0.0623. The van der Waals surface area contributed by atoms with Crippen LogP contribution in [0, 0.1) is 11.6 Å². The third-order valence-electron chi connectivity index (χ3n) is 10.3. The molecule has 0 spiro atoms. The average molecular weight is 694 g/mol. The van der Waals surface area contributed by atoms with Gasteiger partial charge in [-0.1, -0.05) is 111 Å². The Kier molecular flexibility index (Phi) is 8.47. The SMILES string of the molecule is CCCCCCC1(C)c2cc(-c3ccc(-c4c(F)c(F)c(-c5ccc(C(C)(C)C)s5)c5n[nH]nc45)s3)ccc2-c2ccc(C(C)(C)C)cc21. The predicted octanol–water partition coefficient (Wildman–Crippen LogP) is 13.2. The van der Waals surface area contributed by atoms with Crippen LogP contribution in [0.5, 0.6) is 0 Å². The normalized spacial score (nSPS) is 16.0. The highest BCUT2D eigenvalue weighted by Gasteiger charge is 2.40. The van der Waals surface area contributed by atoms with Gasteiger partial charge in [0.15, 0.2) is 11.6 Å². The quantitative estimate of drug-likeness (QED) is 0.161. The van der Waals surface area contributed by atoms with Crippen molar-refractivity contribution in [3.05, 3.63) is 93.9 Å². The molecule has 3 aromatic heterocycles. The number of thiophene rings is 2. The van der Waals surface area contributed by atoms with Gasteiger partial charge < -0.3 is 0 Å². The van der Waals surface area contributed by atoms with E-state index >= 15 is 8.78 Å². The first kappa shape index (κ1) is 33.8. The number of hydrogen-bond donors (Lipinski definition) is 1. The smallest absolute Gasteiger partial charge is 0.170 e. The van der Waals surface area contributed by atoms with Gasteiger partial charge >= 0.3 is 0 Å². The number of unbranched alkanes of at least 4 members (excludes halogenated alkanes) is 3. The molecule has 49 heavy (non-hydrogen) atoms. The van der Waals surface area contributed by atoms with E-state index in [0.29, 0.717) is 20.8 Å². The van der Waals surface area contributed by atoms with Crippen LogP contribution in [-0.4, -0.2) is 15.4 Å². The molecule has 254 valence electrons. The molecule has 0 aliphatic heterocycles. The van der Waals surface area contributed by atoms with Crippen LogP contribution in [0.15, 0.2) is 60.7 Å². The number of hydrogen-bond acceptors (Lipinski definition) is 4. The average Bonchev–Trinajstić information content (AvgIpc) is 3.87. The molecule has 1 atom stereocenters. The van der Waals surface area contributed by atoms with Crippen LogP contribution in [0.2, 0.25) is 0 Å². The van der Waals surface area contributed by atoms with Gasteiger partial charge in [-0.25, -0.2) is 8.78 Å². The highest BCUT2D eigenvalue weighted by Crippen LogP contribution is 2.54. The van der Waals surface area contributed by atoms with E-state index in [2.05, 4.69) is 107 Å². The van der Waals surface area contributed by atoms with E-state index in [1.807, 2.05) is 24.3 Å². The largest absolute Gasteiger partial charge is 0.203 e.